The fraction of sp³-hybridized carbons (Fsp3) is 0.375. The maximum absolute atomic E-state index is 13.0. The van der Waals surface area contributed by atoms with E-state index in [-0.39, 0.29) is 11.9 Å². The van der Waals surface area contributed by atoms with Gasteiger partial charge in [0.1, 0.15) is 5.58 Å². The molecule has 1 aromatic heterocycles. The van der Waals surface area contributed by atoms with E-state index < -0.39 is 0 Å². The Bertz CT molecular complexity index is 1020. The Hall–Kier alpha value is -2.34. The molecule has 6 heteroatoms. The molecule has 5 nitrogen and oxygen atoms in total. The van der Waals surface area contributed by atoms with Crippen molar-refractivity contribution >= 4 is 28.5 Å². The minimum Gasteiger partial charge on any atom is -0.451 e. The number of ether oxygens (including phenoxy) is 1. The Morgan fingerprint density at radius 3 is 2.60 bits per heavy atom. The molecule has 1 fully saturated rings. The first-order chi connectivity index (χ1) is 14.6. The van der Waals surface area contributed by atoms with E-state index in [1.165, 1.54) is 5.56 Å². The first-order valence-electron chi connectivity index (χ1n) is 10.4. The second-order valence-corrected chi connectivity index (χ2v) is 8.10. The number of rotatable bonds is 6. The molecule has 1 aliphatic rings. The predicted molar refractivity (Wildman–Crippen MR) is 119 cm³/mol. The van der Waals surface area contributed by atoms with Crippen LogP contribution in [0.2, 0.25) is 5.02 Å². The van der Waals surface area contributed by atoms with Crippen molar-refractivity contribution in [2.45, 2.75) is 26.3 Å². The van der Waals surface area contributed by atoms with Crippen molar-refractivity contribution in [3.8, 4) is 0 Å². The van der Waals surface area contributed by atoms with Gasteiger partial charge in [0.2, 0.25) is 0 Å². The van der Waals surface area contributed by atoms with Crippen LogP contribution in [0.5, 0.6) is 0 Å². The number of carbonyl (C=O) groups is 1. The van der Waals surface area contributed by atoms with E-state index in [0.29, 0.717) is 30.5 Å². The SMILES string of the molecule is CCc1ccc2oc(C(=O)NCC(c3ccc(Cl)cc3)N3CCOCC3)c(C)c2c1. The molecular weight excluding hydrogens is 400 g/mol. The molecule has 1 amide bonds. The number of fused-ring (bicyclic) bond motifs is 1. The third-order valence-electron chi connectivity index (χ3n) is 5.81. The Morgan fingerprint density at radius 2 is 1.90 bits per heavy atom. The average molecular weight is 427 g/mol. The summed E-state index contributed by atoms with van der Waals surface area (Å²) in [5.74, 6) is 0.198. The highest BCUT2D eigenvalue weighted by molar-refractivity contribution is 6.30. The van der Waals surface area contributed by atoms with Crippen LogP contribution >= 0.6 is 11.6 Å². The Labute approximate surface area is 181 Å². The zero-order chi connectivity index (χ0) is 21.1. The number of amides is 1. The summed E-state index contributed by atoms with van der Waals surface area (Å²) in [5, 5.41) is 4.80. The number of hydrogen-bond acceptors (Lipinski definition) is 4. The molecule has 2 heterocycles. The van der Waals surface area contributed by atoms with E-state index in [0.717, 1.165) is 41.6 Å². The first-order valence-corrected chi connectivity index (χ1v) is 10.8. The number of nitrogens with one attached hydrogen (secondary N) is 1. The van der Waals surface area contributed by atoms with Crippen molar-refractivity contribution < 1.29 is 13.9 Å². The van der Waals surface area contributed by atoms with E-state index in [9.17, 15) is 4.79 Å². The van der Waals surface area contributed by atoms with Gasteiger partial charge in [0, 0.05) is 35.6 Å². The molecule has 1 unspecified atom stereocenters. The third-order valence-corrected chi connectivity index (χ3v) is 6.06. The van der Waals surface area contributed by atoms with Crippen molar-refractivity contribution in [2.24, 2.45) is 0 Å². The summed E-state index contributed by atoms with van der Waals surface area (Å²) in [6.07, 6.45) is 0.949. The zero-order valence-corrected chi connectivity index (χ0v) is 18.2. The largest absolute Gasteiger partial charge is 0.451 e. The summed E-state index contributed by atoms with van der Waals surface area (Å²) in [6, 6.07) is 14.0. The van der Waals surface area contributed by atoms with Crippen molar-refractivity contribution in [1.82, 2.24) is 10.2 Å². The minimum atomic E-state index is -0.186. The lowest BCUT2D eigenvalue weighted by atomic mass is 10.0. The van der Waals surface area contributed by atoms with Crippen LogP contribution < -0.4 is 5.32 Å². The van der Waals surface area contributed by atoms with E-state index in [2.05, 4.69) is 23.2 Å². The topological polar surface area (TPSA) is 54.7 Å². The highest BCUT2D eigenvalue weighted by Crippen LogP contribution is 2.27. The molecule has 0 aliphatic carbocycles. The molecule has 3 aromatic rings. The monoisotopic (exact) mass is 426 g/mol. The van der Waals surface area contributed by atoms with E-state index >= 15 is 0 Å². The molecule has 0 spiro atoms. The van der Waals surface area contributed by atoms with Crippen LogP contribution in [0.25, 0.3) is 11.0 Å². The molecule has 0 radical (unpaired) electrons. The van der Waals surface area contributed by atoms with Gasteiger partial charge >= 0.3 is 0 Å². The standard InChI is InChI=1S/C24H27ClN2O3/c1-3-17-4-9-22-20(14-17)16(2)23(30-22)24(28)26-15-21(27-10-12-29-13-11-27)18-5-7-19(25)8-6-18/h4-9,14,21H,3,10-13,15H2,1-2H3,(H,26,28). The summed E-state index contributed by atoms with van der Waals surface area (Å²) >= 11 is 6.07. The summed E-state index contributed by atoms with van der Waals surface area (Å²) in [6.45, 7) is 7.59. The highest BCUT2D eigenvalue weighted by Gasteiger charge is 2.25. The first kappa shape index (κ1) is 20.9. The normalized spacial score (nSPS) is 16.0. The third kappa shape index (κ3) is 4.38. The van der Waals surface area contributed by atoms with Crippen LogP contribution in [0.3, 0.4) is 0 Å². The minimum absolute atomic E-state index is 0.0477. The number of hydrogen-bond donors (Lipinski definition) is 1. The molecule has 1 N–H and O–H groups in total. The number of furan rings is 1. The second-order valence-electron chi connectivity index (χ2n) is 7.67. The number of halogens is 1. The molecule has 0 saturated carbocycles. The van der Waals surface area contributed by atoms with Gasteiger partial charge in [-0.25, -0.2) is 0 Å². The Morgan fingerprint density at radius 1 is 1.17 bits per heavy atom. The number of nitrogens with zero attached hydrogens (tertiary/aromatic N) is 1. The van der Waals surface area contributed by atoms with Gasteiger partial charge in [-0.2, -0.15) is 0 Å². The molecule has 0 bridgehead atoms. The van der Waals surface area contributed by atoms with E-state index in [1.54, 1.807) is 0 Å². The lowest BCUT2D eigenvalue weighted by Crippen LogP contribution is -2.43. The molecule has 4 rings (SSSR count). The number of carbonyl (C=O) groups excluding carboxylic acids is 1. The molecule has 1 atom stereocenters. The number of benzene rings is 2. The smallest absolute Gasteiger partial charge is 0.287 e. The maximum Gasteiger partial charge on any atom is 0.287 e. The summed E-state index contributed by atoms with van der Waals surface area (Å²) in [7, 11) is 0. The number of aryl methyl sites for hydroxylation is 2. The van der Waals surface area contributed by atoms with Gasteiger partial charge in [-0.1, -0.05) is 36.7 Å². The predicted octanol–water partition coefficient (Wildman–Crippen LogP) is 4.76. The van der Waals surface area contributed by atoms with Crippen LogP contribution in [0.4, 0.5) is 0 Å². The van der Waals surface area contributed by atoms with E-state index in [1.807, 2.05) is 43.3 Å². The molecule has 1 aliphatic heterocycles. The summed E-state index contributed by atoms with van der Waals surface area (Å²) in [4.78, 5) is 15.3. The fourth-order valence-electron chi connectivity index (χ4n) is 4.01. The molecule has 158 valence electrons. The molecule has 1 saturated heterocycles. The van der Waals surface area contributed by atoms with Crippen molar-refractivity contribution in [1.29, 1.82) is 0 Å². The lowest BCUT2D eigenvalue weighted by molar-refractivity contribution is 0.0161. The van der Waals surface area contributed by atoms with Crippen LogP contribution in [-0.2, 0) is 11.2 Å². The van der Waals surface area contributed by atoms with Crippen LogP contribution in [0.15, 0.2) is 46.9 Å². The van der Waals surface area contributed by atoms with Gasteiger partial charge in [-0.05, 0) is 48.7 Å². The van der Waals surface area contributed by atoms with E-state index in [4.69, 9.17) is 20.8 Å². The van der Waals surface area contributed by atoms with Crippen molar-refractivity contribution in [2.75, 3.05) is 32.8 Å². The average Bonchev–Trinajstić information content (AvgIpc) is 3.11. The highest BCUT2D eigenvalue weighted by atomic mass is 35.5. The molecule has 2 aromatic carbocycles. The zero-order valence-electron chi connectivity index (χ0n) is 17.4. The van der Waals surface area contributed by atoms with Crippen LogP contribution in [0.1, 0.15) is 40.2 Å². The van der Waals surface area contributed by atoms with Gasteiger partial charge in [0.25, 0.3) is 5.91 Å². The Balaban J connectivity index is 1.54. The molecule has 30 heavy (non-hydrogen) atoms. The summed E-state index contributed by atoms with van der Waals surface area (Å²) in [5.41, 5.74) is 3.98. The van der Waals surface area contributed by atoms with Crippen LogP contribution in [0, 0.1) is 6.92 Å². The van der Waals surface area contributed by atoms with Gasteiger partial charge in [-0.3, -0.25) is 9.69 Å². The number of morpholine rings is 1. The van der Waals surface area contributed by atoms with Crippen molar-refractivity contribution in [3.63, 3.8) is 0 Å². The second kappa shape index (κ2) is 9.21. The quantitative estimate of drug-likeness (QED) is 0.617. The van der Waals surface area contributed by atoms with Gasteiger partial charge in [-0.15, -0.1) is 0 Å². The Kier molecular flexibility index (Phi) is 6.42. The van der Waals surface area contributed by atoms with Crippen molar-refractivity contribution in [3.05, 3.63) is 69.9 Å². The van der Waals surface area contributed by atoms with Gasteiger partial charge in [0.15, 0.2) is 5.76 Å². The lowest BCUT2D eigenvalue weighted by Gasteiger charge is -2.34. The van der Waals surface area contributed by atoms with Gasteiger partial charge < -0.3 is 14.5 Å². The molecular formula is C24H27ClN2O3. The fourth-order valence-corrected chi connectivity index (χ4v) is 4.13. The van der Waals surface area contributed by atoms with Gasteiger partial charge in [0.05, 0.1) is 19.3 Å². The summed E-state index contributed by atoms with van der Waals surface area (Å²) < 4.78 is 11.4. The van der Waals surface area contributed by atoms with Crippen LogP contribution in [-0.4, -0.2) is 43.7 Å². The maximum atomic E-state index is 13.0.